The van der Waals surface area contributed by atoms with Crippen LogP contribution in [-0.2, 0) is 9.59 Å². The van der Waals surface area contributed by atoms with E-state index < -0.39 is 11.9 Å². The molecule has 37 heavy (non-hydrogen) atoms. The summed E-state index contributed by atoms with van der Waals surface area (Å²) in [6.07, 6.45) is 7.58. The molecule has 0 saturated heterocycles. The quantitative estimate of drug-likeness (QED) is 0.291. The third-order valence-electron chi connectivity index (χ3n) is 6.37. The molecular weight excluding hydrogens is 486 g/mol. The molecule has 3 heterocycles. The van der Waals surface area contributed by atoms with Crippen molar-refractivity contribution in [3.63, 3.8) is 0 Å². The molecule has 1 N–H and O–H groups in total. The summed E-state index contributed by atoms with van der Waals surface area (Å²) in [5.41, 5.74) is 3.68. The number of carbonyl (C=O) groups excluding carboxylic acids is 1. The Hall–Kier alpha value is -3.85. The zero-order valence-electron chi connectivity index (χ0n) is 20.8. The van der Waals surface area contributed by atoms with E-state index in [1.54, 1.807) is 15.8 Å². The maximum absolute atomic E-state index is 13.6. The Bertz CT molecular complexity index is 1380. The summed E-state index contributed by atoms with van der Waals surface area (Å²) in [6.45, 7) is 4.02. The Morgan fingerprint density at radius 3 is 2.54 bits per heavy atom. The SMILES string of the molecule is CC(C)C[C@H](CC(=O)O)C(=O)N(c1nc(-c2ccccc2-c2ccc(-n3cccn3)nc2)cs1)C1CC1. The van der Waals surface area contributed by atoms with Crippen LogP contribution in [0.1, 0.15) is 39.5 Å². The average molecular weight is 516 g/mol. The van der Waals surface area contributed by atoms with Crippen molar-refractivity contribution >= 4 is 28.3 Å². The number of aromatic nitrogens is 4. The van der Waals surface area contributed by atoms with Gasteiger partial charge in [0, 0.05) is 47.1 Å². The van der Waals surface area contributed by atoms with Gasteiger partial charge in [-0.1, -0.05) is 38.1 Å². The smallest absolute Gasteiger partial charge is 0.304 e. The van der Waals surface area contributed by atoms with Gasteiger partial charge < -0.3 is 5.11 Å². The first-order valence-corrected chi connectivity index (χ1v) is 13.3. The Balaban J connectivity index is 1.44. The molecule has 4 aromatic rings. The van der Waals surface area contributed by atoms with Gasteiger partial charge in [-0.2, -0.15) is 5.10 Å². The number of hydrogen-bond acceptors (Lipinski definition) is 6. The number of thiazole rings is 1. The molecule has 190 valence electrons. The normalized spacial score (nSPS) is 14.0. The van der Waals surface area contributed by atoms with Gasteiger partial charge in [0.2, 0.25) is 5.91 Å². The summed E-state index contributed by atoms with van der Waals surface area (Å²) in [4.78, 5) is 36.3. The molecule has 1 amide bonds. The van der Waals surface area contributed by atoms with E-state index in [0.717, 1.165) is 41.0 Å². The lowest BCUT2D eigenvalue weighted by atomic mass is 9.93. The monoisotopic (exact) mass is 515 g/mol. The maximum atomic E-state index is 13.6. The molecule has 9 heteroatoms. The second kappa shape index (κ2) is 10.6. The van der Waals surface area contributed by atoms with Crippen molar-refractivity contribution < 1.29 is 14.7 Å². The van der Waals surface area contributed by atoms with E-state index in [-0.39, 0.29) is 24.3 Å². The standard InChI is InChI=1S/C28H29N5O3S/c1-18(2)14-20(15-26(34)35)27(36)33(21-9-10-21)28-31-24(17-37-28)23-7-4-3-6-22(23)19-8-11-25(29-16-19)32-13-5-12-30-32/h3-8,11-13,16-18,20-21H,9-10,14-15H2,1-2H3,(H,34,35)/t20-/m1/s1. The molecule has 0 bridgehead atoms. The summed E-state index contributed by atoms with van der Waals surface area (Å²) in [6, 6.07) is 13.9. The van der Waals surface area contributed by atoms with Crippen molar-refractivity contribution in [1.82, 2.24) is 19.7 Å². The second-order valence-corrected chi connectivity index (χ2v) is 10.6. The molecule has 5 rings (SSSR count). The molecule has 1 aliphatic carbocycles. The summed E-state index contributed by atoms with van der Waals surface area (Å²) < 4.78 is 1.71. The van der Waals surface area contributed by atoms with Crippen molar-refractivity contribution in [2.24, 2.45) is 11.8 Å². The zero-order valence-corrected chi connectivity index (χ0v) is 21.6. The Labute approximate surface area is 219 Å². The van der Waals surface area contributed by atoms with Crippen LogP contribution in [0.25, 0.3) is 28.2 Å². The van der Waals surface area contributed by atoms with Crippen molar-refractivity contribution in [2.75, 3.05) is 4.90 Å². The van der Waals surface area contributed by atoms with Crippen molar-refractivity contribution in [2.45, 2.75) is 45.6 Å². The predicted molar refractivity (Wildman–Crippen MR) is 144 cm³/mol. The van der Waals surface area contributed by atoms with Crippen LogP contribution in [-0.4, -0.2) is 42.8 Å². The number of pyridine rings is 1. The van der Waals surface area contributed by atoms with Crippen LogP contribution in [0, 0.1) is 11.8 Å². The van der Waals surface area contributed by atoms with Crippen LogP contribution in [0.4, 0.5) is 5.13 Å². The molecule has 3 aromatic heterocycles. The van der Waals surface area contributed by atoms with Gasteiger partial charge in [-0.25, -0.2) is 14.6 Å². The van der Waals surface area contributed by atoms with E-state index in [1.165, 1.54) is 11.3 Å². The van der Waals surface area contributed by atoms with E-state index in [2.05, 4.69) is 10.1 Å². The van der Waals surface area contributed by atoms with Gasteiger partial charge in [-0.15, -0.1) is 11.3 Å². The fourth-order valence-electron chi connectivity index (χ4n) is 4.55. The Morgan fingerprint density at radius 2 is 1.92 bits per heavy atom. The van der Waals surface area contributed by atoms with Crippen molar-refractivity contribution in [3.05, 3.63) is 66.4 Å². The fourth-order valence-corrected chi connectivity index (χ4v) is 5.45. The lowest BCUT2D eigenvalue weighted by Crippen LogP contribution is -2.39. The van der Waals surface area contributed by atoms with E-state index in [0.29, 0.717) is 11.6 Å². The highest BCUT2D eigenvalue weighted by atomic mass is 32.1. The van der Waals surface area contributed by atoms with Crippen LogP contribution in [0.5, 0.6) is 0 Å². The largest absolute Gasteiger partial charge is 0.481 e. The molecule has 0 unspecified atom stereocenters. The molecule has 8 nitrogen and oxygen atoms in total. The molecule has 1 aromatic carbocycles. The number of anilines is 1. The van der Waals surface area contributed by atoms with Crippen LogP contribution < -0.4 is 4.90 Å². The lowest BCUT2D eigenvalue weighted by Gasteiger charge is -2.25. The van der Waals surface area contributed by atoms with Gasteiger partial charge in [0.25, 0.3) is 0 Å². The molecule has 0 aliphatic heterocycles. The molecular formula is C28H29N5O3S. The number of carbonyl (C=O) groups is 2. The van der Waals surface area contributed by atoms with Gasteiger partial charge in [0.05, 0.1) is 12.1 Å². The van der Waals surface area contributed by atoms with Gasteiger partial charge in [0.1, 0.15) is 0 Å². The van der Waals surface area contributed by atoms with Crippen LogP contribution in [0.3, 0.4) is 0 Å². The number of aliphatic carboxylic acids is 1. The fraction of sp³-hybridized carbons (Fsp3) is 0.321. The lowest BCUT2D eigenvalue weighted by molar-refractivity contribution is -0.140. The highest BCUT2D eigenvalue weighted by Crippen LogP contribution is 2.39. The van der Waals surface area contributed by atoms with Gasteiger partial charge in [-0.3, -0.25) is 14.5 Å². The van der Waals surface area contributed by atoms with Crippen LogP contribution >= 0.6 is 11.3 Å². The minimum atomic E-state index is -0.948. The molecule has 0 radical (unpaired) electrons. The molecule has 1 atom stereocenters. The highest BCUT2D eigenvalue weighted by molar-refractivity contribution is 7.14. The molecule has 0 spiro atoms. The number of hydrogen-bond donors (Lipinski definition) is 1. The van der Waals surface area contributed by atoms with E-state index >= 15 is 0 Å². The minimum Gasteiger partial charge on any atom is -0.481 e. The first kappa shape index (κ1) is 24.8. The zero-order chi connectivity index (χ0) is 25.9. The number of amides is 1. The Kier molecular flexibility index (Phi) is 7.14. The van der Waals surface area contributed by atoms with Gasteiger partial charge in [-0.05, 0) is 48.9 Å². The number of nitrogens with zero attached hydrogens (tertiary/aromatic N) is 5. The van der Waals surface area contributed by atoms with Crippen molar-refractivity contribution in [3.8, 4) is 28.2 Å². The van der Waals surface area contributed by atoms with E-state index in [9.17, 15) is 14.7 Å². The number of rotatable bonds is 10. The van der Waals surface area contributed by atoms with Crippen LogP contribution in [0.2, 0.25) is 0 Å². The number of benzene rings is 1. The first-order valence-electron chi connectivity index (χ1n) is 12.5. The third-order valence-corrected chi connectivity index (χ3v) is 7.21. The molecule has 1 fully saturated rings. The Morgan fingerprint density at radius 1 is 1.14 bits per heavy atom. The number of carboxylic acids is 1. The third kappa shape index (κ3) is 5.61. The van der Waals surface area contributed by atoms with Crippen LogP contribution in [0.15, 0.2) is 66.4 Å². The predicted octanol–water partition coefficient (Wildman–Crippen LogP) is 5.69. The van der Waals surface area contributed by atoms with Gasteiger partial charge in [0.15, 0.2) is 10.9 Å². The number of carboxylic acid groups (broad SMARTS) is 1. The summed E-state index contributed by atoms with van der Waals surface area (Å²) in [7, 11) is 0. The average Bonchev–Trinajstić information content (AvgIpc) is 3.35. The summed E-state index contributed by atoms with van der Waals surface area (Å²) in [5, 5.41) is 16.2. The van der Waals surface area contributed by atoms with Gasteiger partial charge >= 0.3 is 5.97 Å². The first-order chi connectivity index (χ1) is 17.9. The highest BCUT2D eigenvalue weighted by Gasteiger charge is 2.39. The topological polar surface area (TPSA) is 101 Å². The summed E-state index contributed by atoms with van der Waals surface area (Å²) >= 11 is 1.43. The van der Waals surface area contributed by atoms with E-state index in [4.69, 9.17) is 4.98 Å². The minimum absolute atomic E-state index is 0.0873. The summed E-state index contributed by atoms with van der Waals surface area (Å²) in [5.74, 6) is -0.682. The second-order valence-electron chi connectivity index (χ2n) is 9.78. The molecule has 1 aliphatic rings. The maximum Gasteiger partial charge on any atom is 0.304 e. The van der Waals surface area contributed by atoms with E-state index in [1.807, 2.05) is 74.1 Å². The van der Waals surface area contributed by atoms with Crippen molar-refractivity contribution in [1.29, 1.82) is 0 Å². The molecule has 1 saturated carbocycles.